The summed E-state index contributed by atoms with van der Waals surface area (Å²) in [6.07, 6.45) is 6.91. The first kappa shape index (κ1) is 17.1. The van der Waals surface area contributed by atoms with E-state index in [1.807, 2.05) is 11.8 Å². The normalized spacial score (nSPS) is 37.1. The molecule has 130 valence electrons. The summed E-state index contributed by atoms with van der Waals surface area (Å²) in [5.41, 5.74) is 0. The molecule has 2 aliphatic heterocycles. The Morgan fingerprint density at radius 3 is 2.96 bits per heavy atom. The lowest BCUT2D eigenvalue weighted by molar-refractivity contribution is -0.137. The number of hydrogen-bond donors (Lipinski definition) is 3. The summed E-state index contributed by atoms with van der Waals surface area (Å²) in [6.45, 7) is 2.94. The van der Waals surface area contributed by atoms with Crippen molar-refractivity contribution in [2.45, 2.75) is 69.3 Å². The molecule has 0 bridgehead atoms. The van der Waals surface area contributed by atoms with Crippen LogP contribution in [-0.4, -0.2) is 41.6 Å². The van der Waals surface area contributed by atoms with Crippen molar-refractivity contribution in [2.75, 3.05) is 12.3 Å². The number of rotatable bonds is 5. The molecule has 3 aliphatic rings. The summed E-state index contributed by atoms with van der Waals surface area (Å²) in [7, 11) is 0. The number of nitrogens with one attached hydrogen (secondary N) is 3. The van der Waals surface area contributed by atoms with Gasteiger partial charge in [-0.3, -0.25) is 9.59 Å². The molecule has 2 heterocycles. The van der Waals surface area contributed by atoms with Crippen molar-refractivity contribution >= 4 is 23.6 Å². The number of amides is 2. The first-order valence-corrected chi connectivity index (χ1v) is 10.1. The summed E-state index contributed by atoms with van der Waals surface area (Å²) < 4.78 is 0. The summed E-state index contributed by atoms with van der Waals surface area (Å²) in [5, 5.41) is 10.2. The van der Waals surface area contributed by atoms with Gasteiger partial charge in [0.1, 0.15) is 0 Å². The highest BCUT2D eigenvalue weighted by Crippen LogP contribution is 2.35. The Morgan fingerprint density at radius 2 is 2.17 bits per heavy atom. The van der Waals surface area contributed by atoms with Crippen molar-refractivity contribution in [1.29, 1.82) is 0 Å². The van der Waals surface area contributed by atoms with E-state index in [2.05, 4.69) is 22.9 Å². The molecule has 0 aromatic heterocycles. The highest BCUT2D eigenvalue weighted by Gasteiger charge is 2.41. The maximum atomic E-state index is 12.5. The van der Waals surface area contributed by atoms with Crippen LogP contribution in [0.25, 0.3) is 0 Å². The molecule has 6 heteroatoms. The van der Waals surface area contributed by atoms with Crippen LogP contribution in [0.5, 0.6) is 0 Å². The van der Waals surface area contributed by atoms with Gasteiger partial charge in [0.15, 0.2) is 0 Å². The predicted molar refractivity (Wildman–Crippen MR) is 93.1 cm³/mol. The molecule has 2 saturated heterocycles. The number of thioether (sulfide) groups is 1. The fraction of sp³-hybridized carbons (Fsp3) is 0.882. The number of carbonyl (C=O) groups is 2. The molecule has 0 aromatic carbocycles. The average Bonchev–Trinajstić information content (AvgIpc) is 2.96. The van der Waals surface area contributed by atoms with Crippen molar-refractivity contribution < 1.29 is 9.59 Å². The van der Waals surface area contributed by atoms with Crippen LogP contribution < -0.4 is 16.0 Å². The lowest BCUT2D eigenvalue weighted by Gasteiger charge is -2.40. The Balaban J connectivity index is 1.42. The van der Waals surface area contributed by atoms with Crippen LogP contribution in [-0.2, 0) is 9.59 Å². The zero-order valence-electron chi connectivity index (χ0n) is 14.0. The molecule has 1 saturated carbocycles. The summed E-state index contributed by atoms with van der Waals surface area (Å²) in [5.74, 6) is 1.55. The predicted octanol–water partition coefficient (Wildman–Crippen LogP) is 1.63. The minimum atomic E-state index is -0.118. The van der Waals surface area contributed by atoms with Crippen molar-refractivity contribution in [3.63, 3.8) is 0 Å². The van der Waals surface area contributed by atoms with E-state index in [0.29, 0.717) is 23.8 Å². The van der Waals surface area contributed by atoms with E-state index >= 15 is 0 Å². The van der Waals surface area contributed by atoms with Gasteiger partial charge < -0.3 is 16.0 Å². The molecule has 3 fully saturated rings. The Bertz CT molecular complexity index is 446. The van der Waals surface area contributed by atoms with E-state index in [0.717, 1.165) is 32.2 Å². The van der Waals surface area contributed by atoms with Gasteiger partial charge in [-0.2, -0.15) is 0 Å². The van der Waals surface area contributed by atoms with E-state index in [9.17, 15) is 9.59 Å². The molecule has 0 radical (unpaired) electrons. The van der Waals surface area contributed by atoms with Crippen LogP contribution >= 0.6 is 11.8 Å². The Kier molecular flexibility index (Phi) is 5.85. The van der Waals surface area contributed by atoms with Crippen molar-refractivity contribution in [2.24, 2.45) is 11.8 Å². The lowest BCUT2D eigenvalue weighted by atomic mass is 9.72. The van der Waals surface area contributed by atoms with Crippen LogP contribution in [0, 0.1) is 11.8 Å². The molecule has 0 aromatic rings. The minimum Gasteiger partial charge on any atom is -0.356 e. The molecule has 1 aliphatic carbocycles. The SMILES string of the molecule is CC1CSC(CCCNC(=O)C2CC(=O)NC3CCCCC32)N1. The largest absolute Gasteiger partial charge is 0.356 e. The minimum absolute atomic E-state index is 0.0499. The van der Waals surface area contributed by atoms with Crippen LogP contribution in [0.1, 0.15) is 51.9 Å². The van der Waals surface area contributed by atoms with Crippen molar-refractivity contribution in [3.05, 3.63) is 0 Å². The highest BCUT2D eigenvalue weighted by molar-refractivity contribution is 8.00. The molecule has 5 atom stereocenters. The first-order valence-electron chi connectivity index (χ1n) is 9.08. The van der Waals surface area contributed by atoms with E-state index in [1.165, 1.54) is 18.6 Å². The van der Waals surface area contributed by atoms with Gasteiger partial charge >= 0.3 is 0 Å². The van der Waals surface area contributed by atoms with Gasteiger partial charge in [-0.1, -0.05) is 12.8 Å². The molecule has 2 amide bonds. The van der Waals surface area contributed by atoms with Crippen molar-refractivity contribution in [3.8, 4) is 0 Å². The lowest BCUT2D eigenvalue weighted by Crippen LogP contribution is -2.54. The standard InChI is InChI=1S/C17H29N3O2S/c1-11-10-23-16(19-11)7-4-8-18-17(22)13-9-15(21)20-14-6-3-2-5-12(13)14/h11-14,16,19H,2-10H2,1H3,(H,18,22)(H,20,21). The average molecular weight is 340 g/mol. The smallest absolute Gasteiger partial charge is 0.223 e. The van der Waals surface area contributed by atoms with Gasteiger partial charge in [0.05, 0.1) is 11.3 Å². The zero-order valence-corrected chi connectivity index (χ0v) is 14.8. The number of hydrogen-bond acceptors (Lipinski definition) is 4. The first-order chi connectivity index (χ1) is 11.1. The van der Waals surface area contributed by atoms with Crippen molar-refractivity contribution in [1.82, 2.24) is 16.0 Å². The van der Waals surface area contributed by atoms with Gasteiger partial charge in [-0.15, -0.1) is 11.8 Å². The van der Waals surface area contributed by atoms with Gasteiger partial charge in [0.2, 0.25) is 11.8 Å². The molecule has 5 unspecified atom stereocenters. The van der Waals surface area contributed by atoms with Gasteiger partial charge in [-0.05, 0) is 38.5 Å². The van der Waals surface area contributed by atoms with Gasteiger partial charge in [0, 0.05) is 30.8 Å². The second kappa shape index (κ2) is 7.88. The molecule has 5 nitrogen and oxygen atoms in total. The fourth-order valence-electron chi connectivity index (χ4n) is 4.20. The summed E-state index contributed by atoms with van der Waals surface area (Å²) >= 11 is 1.98. The molecule has 23 heavy (non-hydrogen) atoms. The number of carbonyl (C=O) groups excluding carboxylic acids is 2. The maximum Gasteiger partial charge on any atom is 0.223 e. The van der Waals surface area contributed by atoms with E-state index in [-0.39, 0.29) is 23.8 Å². The summed E-state index contributed by atoms with van der Waals surface area (Å²) in [6, 6.07) is 0.824. The van der Waals surface area contributed by atoms with E-state index < -0.39 is 0 Å². The second-order valence-electron chi connectivity index (χ2n) is 7.26. The monoisotopic (exact) mass is 339 g/mol. The fourth-order valence-corrected chi connectivity index (χ4v) is 5.47. The zero-order chi connectivity index (χ0) is 16.2. The Hall–Kier alpha value is -0.750. The quantitative estimate of drug-likeness (QED) is 0.666. The van der Waals surface area contributed by atoms with Gasteiger partial charge in [-0.25, -0.2) is 0 Å². The second-order valence-corrected chi connectivity index (χ2v) is 8.49. The third kappa shape index (κ3) is 4.41. The number of fused-ring (bicyclic) bond motifs is 1. The highest BCUT2D eigenvalue weighted by atomic mass is 32.2. The Labute approximate surface area is 143 Å². The molecule has 3 N–H and O–H groups in total. The summed E-state index contributed by atoms with van der Waals surface area (Å²) in [4.78, 5) is 24.4. The van der Waals surface area contributed by atoms with E-state index in [1.54, 1.807) is 0 Å². The van der Waals surface area contributed by atoms with E-state index in [4.69, 9.17) is 0 Å². The van der Waals surface area contributed by atoms with Crippen LogP contribution in [0.15, 0.2) is 0 Å². The topological polar surface area (TPSA) is 70.2 Å². The van der Waals surface area contributed by atoms with Crippen LogP contribution in [0.3, 0.4) is 0 Å². The molecular weight excluding hydrogens is 310 g/mol. The van der Waals surface area contributed by atoms with Crippen LogP contribution in [0.4, 0.5) is 0 Å². The third-order valence-corrected chi connectivity index (χ3v) is 6.85. The molecule has 0 spiro atoms. The molecule has 3 rings (SSSR count). The third-order valence-electron chi connectivity index (χ3n) is 5.38. The van der Waals surface area contributed by atoms with Crippen LogP contribution in [0.2, 0.25) is 0 Å². The molecular formula is C17H29N3O2S. The maximum absolute atomic E-state index is 12.5. The number of piperidine rings is 1. The Morgan fingerprint density at radius 1 is 1.35 bits per heavy atom. The van der Waals surface area contributed by atoms with Gasteiger partial charge in [0.25, 0.3) is 0 Å².